The van der Waals surface area contributed by atoms with Crippen LogP contribution in [0, 0.1) is 10.1 Å². The van der Waals surface area contributed by atoms with Gasteiger partial charge in [-0.25, -0.2) is 0 Å². The van der Waals surface area contributed by atoms with Crippen molar-refractivity contribution in [3.05, 3.63) is 33.9 Å². The maximum Gasteiger partial charge on any atom is 0.273 e. The first kappa shape index (κ1) is 16.9. The number of non-ortho nitro benzene ring substituents is 1. The van der Waals surface area contributed by atoms with Crippen LogP contribution < -0.4 is 10.1 Å². The van der Waals surface area contributed by atoms with Crippen LogP contribution >= 0.6 is 0 Å². The van der Waals surface area contributed by atoms with Crippen LogP contribution in [0.4, 0.5) is 5.69 Å². The zero-order valence-electron chi connectivity index (χ0n) is 12.8. The normalized spacial score (nSPS) is 11.9. The van der Waals surface area contributed by atoms with E-state index in [0.717, 1.165) is 0 Å². The summed E-state index contributed by atoms with van der Waals surface area (Å²) in [5.74, 6) is -0.373. The lowest BCUT2D eigenvalue weighted by molar-refractivity contribution is -0.384. The number of nitrogens with one attached hydrogen (secondary N) is 1. The van der Waals surface area contributed by atoms with Crippen LogP contribution in [-0.4, -0.2) is 34.2 Å². The van der Waals surface area contributed by atoms with E-state index in [4.69, 9.17) is 4.74 Å². The molecule has 0 fully saturated rings. The monoisotopic (exact) mass is 296 g/mol. The van der Waals surface area contributed by atoms with E-state index < -0.39 is 22.0 Å². The quantitative estimate of drug-likeness (QED) is 0.638. The van der Waals surface area contributed by atoms with Crippen molar-refractivity contribution in [1.82, 2.24) is 5.32 Å². The lowest BCUT2D eigenvalue weighted by atomic mass is 9.85. The minimum absolute atomic E-state index is 0.105. The van der Waals surface area contributed by atoms with Gasteiger partial charge in [-0.1, -0.05) is 0 Å². The van der Waals surface area contributed by atoms with Gasteiger partial charge in [-0.2, -0.15) is 0 Å². The third-order valence-electron chi connectivity index (χ3n) is 3.60. The number of nitro benzene ring substituents is 1. The number of aliphatic hydroxyl groups is 1. The fourth-order valence-electron chi connectivity index (χ4n) is 1.49. The Kier molecular flexibility index (Phi) is 4.58. The molecule has 2 N–H and O–H groups in total. The molecule has 0 aliphatic rings. The lowest BCUT2D eigenvalue weighted by Crippen LogP contribution is -2.57. The molecule has 0 bridgehead atoms. The number of carbonyl (C=O) groups excluding carboxylic acids is 1. The van der Waals surface area contributed by atoms with Crippen molar-refractivity contribution in [1.29, 1.82) is 0 Å². The minimum Gasteiger partial charge on any atom is -0.496 e. The van der Waals surface area contributed by atoms with Gasteiger partial charge in [-0.15, -0.1) is 0 Å². The number of nitro groups is 1. The Morgan fingerprint density at radius 1 is 1.33 bits per heavy atom. The average Bonchev–Trinajstić information content (AvgIpc) is 2.35. The van der Waals surface area contributed by atoms with E-state index in [2.05, 4.69) is 5.32 Å². The van der Waals surface area contributed by atoms with Crippen LogP contribution in [-0.2, 0) is 0 Å². The molecule has 116 valence electrons. The number of ether oxygens (including phenoxy) is 1. The predicted octanol–water partition coefficient (Wildman–Crippen LogP) is 1.88. The number of carbonyl (C=O) groups is 1. The Hall–Kier alpha value is -2.15. The maximum absolute atomic E-state index is 12.3. The van der Waals surface area contributed by atoms with E-state index in [-0.39, 0.29) is 17.0 Å². The summed E-state index contributed by atoms with van der Waals surface area (Å²) in [4.78, 5) is 22.5. The smallest absolute Gasteiger partial charge is 0.273 e. The van der Waals surface area contributed by atoms with Crippen LogP contribution in [0.1, 0.15) is 38.1 Å². The Balaban J connectivity index is 3.11. The van der Waals surface area contributed by atoms with Gasteiger partial charge in [-0.05, 0) is 33.8 Å². The van der Waals surface area contributed by atoms with Crippen molar-refractivity contribution in [2.24, 2.45) is 0 Å². The first-order valence-electron chi connectivity index (χ1n) is 6.37. The molecule has 1 aromatic rings. The Morgan fingerprint density at radius 3 is 2.33 bits per heavy atom. The fourth-order valence-corrected chi connectivity index (χ4v) is 1.49. The Morgan fingerprint density at radius 2 is 1.90 bits per heavy atom. The summed E-state index contributed by atoms with van der Waals surface area (Å²) < 4.78 is 5.03. The van der Waals surface area contributed by atoms with E-state index in [9.17, 15) is 20.0 Å². The number of amides is 1. The van der Waals surface area contributed by atoms with Gasteiger partial charge >= 0.3 is 0 Å². The Bertz CT molecular complexity index is 561. The number of nitrogens with zero attached hydrogens (tertiary/aromatic N) is 1. The molecule has 0 heterocycles. The molecule has 7 nitrogen and oxygen atoms in total. The molecule has 21 heavy (non-hydrogen) atoms. The van der Waals surface area contributed by atoms with Crippen LogP contribution in [0.3, 0.4) is 0 Å². The number of benzene rings is 1. The van der Waals surface area contributed by atoms with Crippen molar-refractivity contribution < 1.29 is 19.6 Å². The van der Waals surface area contributed by atoms with E-state index >= 15 is 0 Å². The molecule has 0 aliphatic carbocycles. The maximum atomic E-state index is 12.3. The van der Waals surface area contributed by atoms with Crippen molar-refractivity contribution in [3.63, 3.8) is 0 Å². The summed E-state index contributed by atoms with van der Waals surface area (Å²) in [6, 6.07) is 3.74. The molecule has 0 saturated carbocycles. The molecular weight excluding hydrogens is 276 g/mol. The predicted molar refractivity (Wildman–Crippen MR) is 77.5 cm³/mol. The zero-order chi connectivity index (χ0) is 16.4. The second-order valence-corrected chi connectivity index (χ2v) is 5.78. The first-order chi connectivity index (χ1) is 9.49. The van der Waals surface area contributed by atoms with Crippen molar-refractivity contribution in [2.75, 3.05) is 7.11 Å². The van der Waals surface area contributed by atoms with Gasteiger partial charge in [0.2, 0.25) is 0 Å². The molecule has 7 heteroatoms. The highest BCUT2D eigenvalue weighted by Gasteiger charge is 2.37. The van der Waals surface area contributed by atoms with Gasteiger partial charge in [0, 0.05) is 6.07 Å². The molecule has 0 aromatic heterocycles. The van der Waals surface area contributed by atoms with Gasteiger partial charge in [0.15, 0.2) is 0 Å². The number of rotatable bonds is 5. The summed E-state index contributed by atoms with van der Waals surface area (Å²) in [7, 11) is 1.33. The van der Waals surface area contributed by atoms with E-state index in [1.807, 2.05) is 0 Å². The number of hydrogen-bond acceptors (Lipinski definition) is 5. The SMILES string of the molecule is COc1cc([N+](=O)[O-])ccc1C(=O)NC(C)(C)C(C)(C)O. The fraction of sp³-hybridized carbons (Fsp3) is 0.500. The standard InChI is InChI=1S/C14H20N2O5/c1-13(2,14(3,4)18)15-12(17)10-7-6-9(16(19)20)8-11(10)21-5/h6-8,18H,1-5H3,(H,15,17). The summed E-state index contributed by atoms with van der Waals surface area (Å²) in [6.07, 6.45) is 0. The molecule has 1 aromatic carbocycles. The van der Waals surface area contributed by atoms with E-state index in [1.165, 1.54) is 25.3 Å². The van der Waals surface area contributed by atoms with Gasteiger partial charge in [0.25, 0.3) is 11.6 Å². The summed E-state index contributed by atoms with van der Waals surface area (Å²) >= 11 is 0. The van der Waals surface area contributed by atoms with Gasteiger partial charge < -0.3 is 15.2 Å². The lowest BCUT2D eigenvalue weighted by Gasteiger charge is -2.38. The third kappa shape index (κ3) is 3.69. The average molecular weight is 296 g/mol. The van der Waals surface area contributed by atoms with Crippen molar-refractivity contribution in [3.8, 4) is 5.75 Å². The summed E-state index contributed by atoms with van der Waals surface area (Å²) in [6.45, 7) is 6.53. The molecule has 0 aliphatic heterocycles. The van der Waals surface area contributed by atoms with Crippen molar-refractivity contribution in [2.45, 2.75) is 38.8 Å². The van der Waals surface area contributed by atoms with Crippen molar-refractivity contribution >= 4 is 11.6 Å². The first-order valence-corrected chi connectivity index (χ1v) is 6.37. The second kappa shape index (κ2) is 5.69. The van der Waals surface area contributed by atoms with Crippen LogP contribution in [0.25, 0.3) is 0 Å². The highest BCUT2D eigenvalue weighted by Crippen LogP contribution is 2.26. The second-order valence-electron chi connectivity index (χ2n) is 5.78. The van der Waals surface area contributed by atoms with Crippen LogP contribution in [0.5, 0.6) is 5.75 Å². The van der Waals surface area contributed by atoms with Crippen LogP contribution in [0.15, 0.2) is 18.2 Å². The minimum atomic E-state index is -1.14. The molecule has 0 atom stereocenters. The topological polar surface area (TPSA) is 102 Å². The molecule has 1 amide bonds. The summed E-state index contributed by atoms with van der Waals surface area (Å²) in [5, 5.41) is 23.5. The number of methoxy groups -OCH3 is 1. The molecule has 0 unspecified atom stereocenters. The summed E-state index contributed by atoms with van der Waals surface area (Å²) in [5.41, 5.74) is -2.03. The molecule has 0 spiro atoms. The van der Waals surface area contributed by atoms with Gasteiger partial charge in [0.05, 0.1) is 34.8 Å². The third-order valence-corrected chi connectivity index (χ3v) is 3.60. The Labute approximate surface area is 123 Å². The highest BCUT2D eigenvalue weighted by molar-refractivity contribution is 5.97. The number of hydrogen-bond donors (Lipinski definition) is 2. The van der Waals surface area contributed by atoms with E-state index in [1.54, 1.807) is 27.7 Å². The highest BCUT2D eigenvalue weighted by atomic mass is 16.6. The molecule has 0 saturated heterocycles. The molecule has 1 rings (SSSR count). The molecule has 0 radical (unpaired) electrons. The zero-order valence-corrected chi connectivity index (χ0v) is 12.8. The van der Waals surface area contributed by atoms with Crippen LogP contribution in [0.2, 0.25) is 0 Å². The van der Waals surface area contributed by atoms with E-state index in [0.29, 0.717) is 0 Å². The molecular formula is C14H20N2O5. The van der Waals surface area contributed by atoms with Gasteiger partial charge in [0.1, 0.15) is 5.75 Å². The largest absolute Gasteiger partial charge is 0.496 e. The van der Waals surface area contributed by atoms with Gasteiger partial charge in [-0.3, -0.25) is 14.9 Å².